The van der Waals surface area contributed by atoms with E-state index in [1.165, 1.54) is 16.3 Å². The first-order chi connectivity index (χ1) is 7.56. The molecule has 0 aliphatic carbocycles. The SMILES string of the molecule is CCNC(CSc1n[nH]c(=O)n1C)C(=O)O. The second-order valence-corrected chi connectivity index (χ2v) is 4.12. The van der Waals surface area contributed by atoms with E-state index in [9.17, 15) is 9.59 Å². The Labute approximate surface area is 96.2 Å². The molecule has 0 spiro atoms. The number of thioether (sulfide) groups is 1. The zero-order valence-electron chi connectivity index (χ0n) is 9.06. The van der Waals surface area contributed by atoms with Crippen LogP contribution in [0.4, 0.5) is 0 Å². The summed E-state index contributed by atoms with van der Waals surface area (Å²) >= 11 is 1.22. The van der Waals surface area contributed by atoms with Crippen molar-refractivity contribution in [2.45, 2.75) is 18.1 Å². The minimum absolute atomic E-state index is 0.308. The maximum absolute atomic E-state index is 11.0. The first-order valence-corrected chi connectivity index (χ1v) is 5.75. The van der Waals surface area contributed by atoms with Crippen LogP contribution >= 0.6 is 11.8 Å². The van der Waals surface area contributed by atoms with Crippen molar-refractivity contribution in [1.29, 1.82) is 0 Å². The Morgan fingerprint density at radius 2 is 2.44 bits per heavy atom. The molecule has 0 radical (unpaired) electrons. The van der Waals surface area contributed by atoms with Gasteiger partial charge in [0.2, 0.25) is 0 Å². The fraction of sp³-hybridized carbons (Fsp3) is 0.625. The van der Waals surface area contributed by atoms with Gasteiger partial charge in [-0.05, 0) is 6.54 Å². The van der Waals surface area contributed by atoms with Gasteiger partial charge in [-0.3, -0.25) is 9.36 Å². The molecule has 0 amide bonds. The molecule has 1 aromatic rings. The average molecular weight is 246 g/mol. The second-order valence-electron chi connectivity index (χ2n) is 3.13. The first-order valence-electron chi connectivity index (χ1n) is 4.76. The number of carbonyl (C=O) groups is 1. The van der Waals surface area contributed by atoms with Gasteiger partial charge in [-0.25, -0.2) is 9.89 Å². The lowest BCUT2D eigenvalue weighted by molar-refractivity contribution is -0.138. The van der Waals surface area contributed by atoms with Gasteiger partial charge in [0.05, 0.1) is 0 Å². The van der Waals surface area contributed by atoms with Crippen LogP contribution in [0.5, 0.6) is 0 Å². The van der Waals surface area contributed by atoms with E-state index in [1.807, 2.05) is 6.92 Å². The van der Waals surface area contributed by atoms with Crippen LogP contribution in [0, 0.1) is 0 Å². The average Bonchev–Trinajstić information content (AvgIpc) is 2.55. The Bertz CT molecular complexity index is 414. The summed E-state index contributed by atoms with van der Waals surface area (Å²) < 4.78 is 1.34. The lowest BCUT2D eigenvalue weighted by Gasteiger charge is -2.11. The normalized spacial score (nSPS) is 12.6. The van der Waals surface area contributed by atoms with Crippen LogP contribution in [-0.4, -0.2) is 44.2 Å². The number of aliphatic carboxylic acids is 1. The summed E-state index contributed by atoms with van der Waals surface area (Å²) in [7, 11) is 1.58. The highest BCUT2D eigenvalue weighted by Gasteiger charge is 2.17. The van der Waals surface area contributed by atoms with E-state index >= 15 is 0 Å². The molecule has 0 aromatic carbocycles. The van der Waals surface area contributed by atoms with Gasteiger partial charge < -0.3 is 10.4 Å². The largest absolute Gasteiger partial charge is 0.480 e. The van der Waals surface area contributed by atoms with Crippen molar-refractivity contribution >= 4 is 17.7 Å². The van der Waals surface area contributed by atoms with Crippen molar-refractivity contribution < 1.29 is 9.90 Å². The van der Waals surface area contributed by atoms with Crippen LogP contribution in [0.1, 0.15) is 6.92 Å². The van der Waals surface area contributed by atoms with Crippen LogP contribution in [-0.2, 0) is 11.8 Å². The second kappa shape index (κ2) is 5.71. The quantitative estimate of drug-likeness (QED) is 0.572. The number of H-pyrrole nitrogens is 1. The van der Waals surface area contributed by atoms with Crippen LogP contribution < -0.4 is 11.0 Å². The molecule has 1 aromatic heterocycles. The summed E-state index contributed by atoms with van der Waals surface area (Å²) in [5.41, 5.74) is -0.308. The highest BCUT2D eigenvalue weighted by Crippen LogP contribution is 2.13. The summed E-state index contributed by atoms with van der Waals surface area (Å²) in [6.07, 6.45) is 0. The number of hydrogen-bond acceptors (Lipinski definition) is 5. The Hall–Kier alpha value is -1.28. The number of hydrogen-bond donors (Lipinski definition) is 3. The highest BCUT2D eigenvalue weighted by atomic mass is 32.2. The van der Waals surface area contributed by atoms with Gasteiger partial charge in [0.15, 0.2) is 5.16 Å². The van der Waals surface area contributed by atoms with Crippen LogP contribution in [0.15, 0.2) is 9.95 Å². The Kier molecular flexibility index (Phi) is 4.56. The molecule has 1 unspecified atom stereocenters. The Balaban J connectivity index is 2.58. The number of rotatable bonds is 6. The van der Waals surface area contributed by atoms with Crippen molar-refractivity contribution in [3.05, 3.63) is 10.5 Å². The van der Waals surface area contributed by atoms with Crippen LogP contribution in [0.25, 0.3) is 0 Å². The fourth-order valence-corrected chi connectivity index (χ4v) is 2.05. The summed E-state index contributed by atoms with van der Waals surface area (Å²) in [5.74, 6) is -0.587. The van der Waals surface area contributed by atoms with E-state index in [2.05, 4.69) is 15.5 Å². The van der Waals surface area contributed by atoms with E-state index in [4.69, 9.17) is 5.11 Å². The third kappa shape index (κ3) is 3.11. The molecule has 0 bridgehead atoms. The fourth-order valence-electron chi connectivity index (χ4n) is 1.08. The molecule has 0 aliphatic heterocycles. The lowest BCUT2D eigenvalue weighted by atomic mass is 10.3. The van der Waals surface area contributed by atoms with Crippen molar-refractivity contribution in [3.63, 3.8) is 0 Å². The molecule has 1 heterocycles. The van der Waals surface area contributed by atoms with Gasteiger partial charge in [-0.1, -0.05) is 18.7 Å². The molecule has 0 aliphatic rings. The van der Waals surface area contributed by atoms with E-state index < -0.39 is 12.0 Å². The van der Waals surface area contributed by atoms with Crippen molar-refractivity contribution in [1.82, 2.24) is 20.1 Å². The molecular formula is C8H14N4O3S. The van der Waals surface area contributed by atoms with Crippen LogP contribution in [0.3, 0.4) is 0 Å². The van der Waals surface area contributed by atoms with Crippen LogP contribution in [0.2, 0.25) is 0 Å². The molecule has 0 saturated heterocycles. The maximum atomic E-state index is 11.0. The number of nitrogens with one attached hydrogen (secondary N) is 2. The smallest absolute Gasteiger partial charge is 0.343 e. The van der Waals surface area contributed by atoms with Gasteiger partial charge in [0, 0.05) is 12.8 Å². The number of carboxylic acids is 1. The topological polar surface area (TPSA) is 100 Å². The zero-order chi connectivity index (χ0) is 12.1. The summed E-state index contributed by atoms with van der Waals surface area (Å²) in [5, 5.41) is 18.3. The number of likely N-dealkylation sites (N-methyl/N-ethyl adjacent to an activating group) is 1. The highest BCUT2D eigenvalue weighted by molar-refractivity contribution is 7.99. The molecule has 90 valence electrons. The van der Waals surface area contributed by atoms with Gasteiger partial charge in [0.1, 0.15) is 6.04 Å². The first kappa shape index (κ1) is 12.8. The standard InChI is InChI=1S/C8H14N4O3S/c1-3-9-5(6(13)14)4-16-8-11-10-7(15)12(8)2/h5,9H,3-4H2,1-2H3,(H,10,15)(H,13,14). The minimum Gasteiger partial charge on any atom is -0.480 e. The third-order valence-electron chi connectivity index (χ3n) is 1.97. The Morgan fingerprint density at radius 3 is 2.88 bits per heavy atom. The molecule has 3 N–H and O–H groups in total. The monoisotopic (exact) mass is 246 g/mol. The van der Waals surface area contributed by atoms with Gasteiger partial charge in [0.25, 0.3) is 0 Å². The predicted molar refractivity (Wildman–Crippen MR) is 59.7 cm³/mol. The van der Waals surface area contributed by atoms with E-state index in [1.54, 1.807) is 7.05 Å². The molecular weight excluding hydrogens is 232 g/mol. The van der Waals surface area contributed by atoms with E-state index in [-0.39, 0.29) is 5.69 Å². The third-order valence-corrected chi connectivity index (χ3v) is 3.09. The van der Waals surface area contributed by atoms with E-state index in [0.717, 1.165) is 0 Å². The lowest BCUT2D eigenvalue weighted by Crippen LogP contribution is -2.38. The molecule has 1 atom stereocenters. The van der Waals surface area contributed by atoms with Crippen molar-refractivity contribution in [2.75, 3.05) is 12.3 Å². The molecule has 0 fully saturated rings. The number of aromatic amines is 1. The predicted octanol–water partition coefficient (Wildman–Crippen LogP) is -0.737. The van der Waals surface area contributed by atoms with Gasteiger partial charge in [-0.15, -0.1) is 5.10 Å². The molecule has 0 saturated carbocycles. The molecule has 1 rings (SSSR count). The summed E-state index contributed by atoms with van der Waals surface area (Å²) in [4.78, 5) is 21.9. The van der Waals surface area contributed by atoms with E-state index in [0.29, 0.717) is 17.5 Å². The maximum Gasteiger partial charge on any atom is 0.343 e. The Morgan fingerprint density at radius 1 is 1.75 bits per heavy atom. The zero-order valence-corrected chi connectivity index (χ0v) is 9.87. The van der Waals surface area contributed by atoms with Crippen molar-refractivity contribution in [3.8, 4) is 0 Å². The van der Waals surface area contributed by atoms with Crippen molar-refractivity contribution in [2.24, 2.45) is 7.05 Å². The molecule has 16 heavy (non-hydrogen) atoms. The minimum atomic E-state index is -0.908. The number of aromatic nitrogens is 3. The van der Waals surface area contributed by atoms with Gasteiger partial charge >= 0.3 is 11.7 Å². The summed E-state index contributed by atoms with van der Waals surface area (Å²) in [6, 6.07) is -0.637. The number of nitrogens with zero attached hydrogens (tertiary/aromatic N) is 2. The number of carboxylic acid groups (broad SMARTS) is 1. The summed E-state index contributed by atoms with van der Waals surface area (Å²) in [6.45, 7) is 2.42. The molecule has 7 nitrogen and oxygen atoms in total. The van der Waals surface area contributed by atoms with Gasteiger partial charge in [-0.2, -0.15) is 0 Å². The molecule has 8 heteroatoms.